The van der Waals surface area contributed by atoms with Gasteiger partial charge >= 0.3 is 0 Å². The van der Waals surface area contributed by atoms with Crippen molar-refractivity contribution in [3.05, 3.63) is 28.5 Å². The van der Waals surface area contributed by atoms with Gasteiger partial charge in [-0.25, -0.2) is 13.4 Å². The van der Waals surface area contributed by atoms with Gasteiger partial charge in [0.1, 0.15) is 10.6 Å². The SMILES string of the molecule is Cc1ccc(-c2nc(C)c(C(=O)N[C@@]3(C)CCS(=O)(=O)C3)s2)o1. The predicted molar refractivity (Wildman–Crippen MR) is 88.4 cm³/mol. The minimum atomic E-state index is -3.07. The molecule has 8 heteroatoms. The molecule has 1 aliphatic heterocycles. The van der Waals surface area contributed by atoms with Gasteiger partial charge in [-0.1, -0.05) is 0 Å². The Kier molecular flexibility index (Phi) is 3.84. The second-order valence-electron chi connectivity index (χ2n) is 6.20. The molecule has 2 aromatic rings. The highest BCUT2D eigenvalue weighted by atomic mass is 32.2. The van der Waals surface area contributed by atoms with Crippen molar-refractivity contribution in [3.8, 4) is 10.8 Å². The highest BCUT2D eigenvalue weighted by molar-refractivity contribution is 7.91. The molecule has 0 aromatic carbocycles. The molecule has 0 unspecified atom stereocenters. The van der Waals surface area contributed by atoms with Crippen LogP contribution in [0.25, 0.3) is 10.8 Å². The fourth-order valence-corrected chi connectivity index (χ4v) is 5.72. The van der Waals surface area contributed by atoms with Crippen LogP contribution in [0.2, 0.25) is 0 Å². The lowest BCUT2D eigenvalue weighted by Gasteiger charge is -2.23. The lowest BCUT2D eigenvalue weighted by atomic mass is 10.0. The standard InChI is InChI=1S/C15H18N2O4S2/c1-9-4-5-11(21-9)14-16-10(2)12(22-14)13(18)17-15(3)6-7-23(19,20)8-15/h4-5H,6-8H2,1-3H3,(H,17,18)/t15-/m0/s1. The minimum absolute atomic E-state index is 0.0200. The molecule has 6 nitrogen and oxygen atoms in total. The van der Waals surface area contributed by atoms with E-state index in [1.54, 1.807) is 13.8 Å². The Labute approximate surface area is 138 Å². The van der Waals surface area contributed by atoms with E-state index in [1.165, 1.54) is 11.3 Å². The van der Waals surface area contributed by atoms with Crippen molar-refractivity contribution in [1.29, 1.82) is 0 Å². The van der Waals surface area contributed by atoms with E-state index in [0.717, 1.165) is 5.76 Å². The molecule has 0 spiro atoms. The summed E-state index contributed by atoms with van der Waals surface area (Å²) in [6, 6.07) is 3.66. The largest absolute Gasteiger partial charge is 0.459 e. The molecule has 1 amide bonds. The summed E-state index contributed by atoms with van der Waals surface area (Å²) >= 11 is 1.25. The van der Waals surface area contributed by atoms with E-state index in [1.807, 2.05) is 19.1 Å². The van der Waals surface area contributed by atoms with Gasteiger partial charge in [0.2, 0.25) is 0 Å². The van der Waals surface area contributed by atoms with Crippen molar-refractivity contribution in [1.82, 2.24) is 10.3 Å². The van der Waals surface area contributed by atoms with Crippen molar-refractivity contribution in [3.63, 3.8) is 0 Å². The van der Waals surface area contributed by atoms with Crippen LogP contribution in [-0.2, 0) is 9.84 Å². The number of nitrogens with zero attached hydrogens (tertiary/aromatic N) is 1. The number of thiazole rings is 1. The second kappa shape index (κ2) is 5.45. The average molecular weight is 354 g/mol. The van der Waals surface area contributed by atoms with Crippen LogP contribution in [0.5, 0.6) is 0 Å². The van der Waals surface area contributed by atoms with Crippen LogP contribution in [0, 0.1) is 13.8 Å². The van der Waals surface area contributed by atoms with Gasteiger partial charge in [-0.2, -0.15) is 0 Å². The monoisotopic (exact) mass is 354 g/mol. The number of aryl methyl sites for hydroxylation is 2. The molecule has 1 fully saturated rings. The second-order valence-corrected chi connectivity index (χ2v) is 9.38. The molecule has 23 heavy (non-hydrogen) atoms. The van der Waals surface area contributed by atoms with Gasteiger partial charge in [-0.15, -0.1) is 11.3 Å². The number of amides is 1. The summed E-state index contributed by atoms with van der Waals surface area (Å²) in [5.74, 6) is 1.22. The number of furan rings is 1. The first-order valence-electron chi connectivity index (χ1n) is 7.25. The zero-order valence-electron chi connectivity index (χ0n) is 13.2. The molecule has 3 rings (SSSR count). The van der Waals surface area contributed by atoms with E-state index in [9.17, 15) is 13.2 Å². The Morgan fingerprint density at radius 2 is 2.13 bits per heavy atom. The van der Waals surface area contributed by atoms with Crippen molar-refractivity contribution >= 4 is 27.1 Å². The van der Waals surface area contributed by atoms with Crippen molar-refractivity contribution in [2.45, 2.75) is 32.7 Å². The number of rotatable bonds is 3. The Balaban J connectivity index is 1.82. The van der Waals surface area contributed by atoms with Crippen LogP contribution in [-0.4, -0.2) is 36.4 Å². The van der Waals surface area contributed by atoms with Crippen molar-refractivity contribution in [2.75, 3.05) is 11.5 Å². The quantitative estimate of drug-likeness (QED) is 0.914. The number of carbonyl (C=O) groups is 1. The Morgan fingerprint density at radius 3 is 2.70 bits per heavy atom. The van der Waals surface area contributed by atoms with Crippen molar-refractivity contribution < 1.29 is 17.6 Å². The number of sulfone groups is 1. The lowest BCUT2D eigenvalue weighted by molar-refractivity contribution is 0.0919. The van der Waals surface area contributed by atoms with Gasteiger partial charge in [0.15, 0.2) is 20.6 Å². The summed E-state index contributed by atoms with van der Waals surface area (Å²) in [4.78, 5) is 17.4. The molecular formula is C15H18N2O4S2. The van der Waals surface area contributed by atoms with Gasteiger partial charge < -0.3 is 9.73 Å². The third-order valence-corrected chi connectivity index (χ3v) is 6.95. The molecular weight excluding hydrogens is 336 g/mol. The zero-order chi connectivity index (χ0) is 16.8. The van der Waals surface area contributed by atoms with Gasteiger partial charge in [0, 0.05) is 0 Å². The normalized spacial score (nSPS) is 23.1. The van der Waals surface area contributed by atoms with E-state index in [4.69, 9.17) is 4.42 Å². The smallest absolute Gasteiger partial charge is 0.263 e. The maximum absolute atomic E-state index is 12.5. The number of hydrogen-bond donors (Lipinski definition) is 1. The molecule has 1 aliphatic rings. The highest BCUT2D eigenvalue weighted by Crippen LogP contribution is 2.30. The van der Waals surface area contributed by atoms with Gasteiger partial charge in [0.25, 0.3) is 5.91 Å². The first kappa shape index (κ1) is 16.2. The van der Waals surface area contributed by atoms with Crippen molar-refractivity contribution in [2.24, 2.45) is 0 Å². The third kappa shape index (κ3) is 3.32. The van der Waals surface area contributed by atoms with Gasteiger partial charge in [-0.05, 0) is 39.3 Å². The molecule has 2 aromatic heterocycles. The fraction of sp³-hybridized carbons (Fsp3) is 0.467. The predicted octanol–water partition coefficient (Wildman–Crippen LogP) is 2.33. The van der Waals surface area contributed by atoms with Gasteiger partial charge in [-0.3, -0.25) is 4.79 Å². The van der Waals surface area contributed by atoms with Crippen LogP contribution in [0.3, 0.4) is 0 Å². The maximum atomic E-state index is 12.5. The van der Waals surface area contributed by atoms with E-state index < -0.39 is 15.4 Å². The number of aromatic nitrogens is 1. The topological polar surface area (TPSA) is 89.3 Å². The van der Waals surface area contributed by atoms with E-state index >= 15 is 0 Å². The molecule has 1 atom stereocenters. The first-order valence-corrected chi connectivity index (χ1v) is 9.88. The van der Waals surface area contributed by atoms with Crippen LogP contribution in [0.1, 0.15) is 34.5 Å². The fourth-order valence-electron chi connectivity index (χ4n) is 2.70. The molecule has 0 aliphatic carbocycles. The average Bonchev–Trinajstić information content (AvgIpc) is 3.08. The summed E-state index contributed by atoms with van der Waals surface area (Å²) in [5.41, 5.74) is -0.102. The Hall–Kier alpha value is -1.67. The van der Waals surface area contributed by atoms with Crippen LogP contribution < -0.4 is 5.32 Å². The van der Waals surface area contributed by atoms with Crippen LogP contribution >= 0.6 is 11.3 Å². The molecule has 3 heterocycles. The molecule has 0 saturated carbocycles. The van der Waals surface area contributed by atoms with E-state index in [0.29, 0.717) is 27.8 Å². The lowest BCUT2D eigenvalue weighted by Crippen LogP contribution is -2.46. The van der Waals surface area contributed by atoms with E-state index in [-0.39, 0.29) is 17.4 Å². The summed E-state index contributed by atoms with van der Waals surface area (Å²) in [6.45, 7) is 5.38. The highest BCUT2D eigenvalue weighted by Gasteiger charge is 2.40. The van der Waals surface area contributed by atoms with Crippen LogP contribution in [0.15, 0.2) is 16.5 Å². The summed E-state index contributed by atoms with van der Waals surface area (Å²) in [6.07, 6.45) is 0.434. The minimum Gasteiger partial charge on any atom is -0.459 e. The molecule has 1 saturated heterocycles. The Morgan fingerprint density at radius 1 is 1.39 bits per heavy atom. The third-order valence-electron chi connectivity index (χ3n) is 3.87. The first-order chi connectivity index (χ1) is 10.7. The number of nitrogens with one attached hydrogen (secondary N) is 1. The summed E-state index contributed by atoms with van der Waals surface area (Å²) in [5, 5.41) is 3.50. The Bertz CT molecular complexity index is 866. The van der Waals surface area contributed by atoms with Gasteiger partial charge in [0.05, 0.1) is 22.7 Å². The molecule has 0 radical (unpaired) electrons. The van der Waals surface area contributed by atoms with E-state index in [2.05, 4.69) is 10.3 Å². The summed E-state index contributed by atoms with van der Waals surface area (Å²) in [7, 11) is -3.07. The molecule has 1 N–H and O–H groups in total. The summed E-state index contributed by atoms with van der Waals surface area (Å²) < 4.78 is 28.8. The maximum Gasteiger partial charge on any atom is 0.263 e. The molecule has 0 bridgehead atoms. The number of carbonyl (C=O) groups excluding carboxylic acids is 1. The number of hydrogen-bond acceptors (Lipinski definition) is 6. The molecule has 124 valence electrons. The van der Waals surface area contributed by atoms with Crippen LogP contribution in [0.4, 0.5) is 0 Å². The zero-order valence-corrected chi connectivity index (χ0v) is 14.8.